The Morgan fingerprint density at radius 3 is 2.62 bits per heavy atom. The number of sulfonamides is 1. The van der Waals surface area contributed by atoms with Crippen molar-refractivity contribution in [2.75, 3.05) is 0 Å². The van der Waals surface area contributed by atoms with Crippen LogP contribution in [0.3, 0.4) is 0 Å². The smallest absolute Gasteiger partial charge is 0.240 e. The van der Waals surface area contributed by atoms with Crippen LogP contribution >= 0.6 is 11.3 Å². The molecule has 1 aromatic carbocycles. The number of thiazole rings is 1. The van der Waals surface area contributed by atoms with E-state index in [4.69, 9.17) is 0 Å². The second kappa shape index (κ2) is 6.05. The number of nitrogens with zero attached hydrogens (tertiary/aromatic N) is 1. The zero-order chi connectivity index (χ0) is 15.6. The number of ketones is 1. The van der Waals surface area contributed by atoms with E-state index in [2.05, 4.69) is 9.71 Å². The van der Waals surface area contributed by atoms with Crippen LogP contribution in [0.15, 0.2) is 29.2 Å². The van der Waals surface area contributed by atoms with Crippen molar-refractivity contribution in [3.63, 3.8) is 0 Å². The quantitative estimate of drug-likeness (QED) is 0.857. The highest BCUT2D eigenvalue weighted by atomic mass is 32.2. The van der Waals surface area contributed by atoms with Crippen LogP contribution in [0.2, 0.25) is 0 Å². The third-order valence-electron chi connectivity index (χ3n) is 2.97. The first kappa shape index (κ1) is 15.8. The molecule has 112 valence electrons. The summed E-state index contributed by atoms with van der Waals surface area (Å²) < 4.78 is 27.1. The standard InChI is InChI=1S/C14H16N2O3S2/c1-9-14(20-11(3)16-9)8-15-21(18,19)13-6-4-5-12(7-13)10(2)17/h4-7,15H,8H2,1-3H3. The van der Waals surface area contributed by atoms with E-state index in [-0.39, 0.29) is 17.2 Å². The number of nitrogens with one attached hydrogen (secondary N) is 1. The summed E-state index contributed by atoms with van der Waals surface area (Å²) >= 11 is 1.47. The molecule has 2 rings (SSSR count). The summed E-state index contributed by atoms with van der Waals surface area (Å²) in [6.07, 6.45) is 0. The molecular formula is C14H16N2O3S2. The zero-order valence-electron chi connectivity index (χ0n) is 12.0. The number of aryl methyl sites for hydroxylation is 2. The molecule has 0 saturated carbocycles. The highest BCUT2D eigenvalue weighted by Crippen LogP contribution is 2.18. The van der Waals surface area contributed by atoms with Crippen LogP contribution in [-0.4, -0.2) is 19.2 Å². The third kappa shape index (κ3) is 3.75. The second-order valence-corrected chi connectivity index (χ2v) is 7.70. The lowest BCUT2D eigenvalue weighted by Crippen LogP contribution is -2.23. The molecule has 0 fully saturated rings. The Hall–Kier alpha value is -1.57. The fourth-order valence-corrected chi connectivity index (χ4v) is 3.87. The van der Waals surface area contributed by atoms with Gasteiger partial charge in [0.05, 0.1) is 15.6 Å². The lowest BCUT2D eigenvalue weighted by Gasteiger charge is -2.07. The van der Waals surface area contributed by atoms with Crippen LogP contribution in [0, 0.1) is 13.8 Å². The van der Waals surface area contributed by atoms with Gasteiger partial charge in [-0.1, -0.05) is 12.1 Å². The Morgan fingerprint density at radius 1 is 1.33 bits per heavy atom. The first-order valence-corrected chi connectivity index (χ1v) is 8.63. The molecular weight excluding hydrogens is 308 g/mol. The largest absolute Gasteiger partial charge is 0.295 e. The van der Waals surface area contributed by atoms with Gasteiger partial charge in [0.2, 0.25) is 10.0 Å². The summed E-state index contributed by atoms with van der Waals surface area (Å²) in [6, 6.07) is 6.01. The number of carbonyl (C=O) groups is 1. The summed E-state index contributed by atoms with van der Waals surface area (Å²) in [5, 5.41) is 0.903. The van der Waals surface area contributed by atoms with E-state index in [1.807, 2.05) is 13.8 Å². The molecule has 0 aliphatic carbocycles. The molecule has 0 spiro atoms. The fraction of sp³-hybridized carbons (Fsp3) is 0.286. The van der Waals surface area contributed by atoms with Crippen molar-refractivity contribution in [3.8, 4) is 0 Å². The predicted molar refractivity (Wildman–Crippen MR) is 82.1 cm³/mol. The SMILES string of the molecule is CC(=O)c1cccc(S(=O)(=O)NCc2sc(C)nc2C)c1. The lowest BCUT2D eigenvalue weighted by molar-refractivity contribution is 0.101. The summed E-state index contributed by atoms with van der Waals surface area (Å²) in [6.45, 7) is 5.34. The van der Waals surface area contributed by atoms with Crippen molar-refractivity contribution in [1.29, 1.82) is 0 Å². The van der Waals surface area contributed by atoms with Gasteiger partial charge in [-0.25, -0.2) is 18.1 Å². The number of benzene rings is 1. The first-order chi connectivity index (χ1) is 9.79. The minimum atomic E-state index is -3.65. The molecule has 0 unspecified atom stereocenters. The van der Waals surface area contributed by atoms with Gasteiger partial charge in [-0.15, -0.1) is 11.3 Å². The van der Waals surface area contributed by atoms with E-state index in [1.54, 1.807) is 12.1 Å². The molecule has 0 radical (unpaired) electrons. The number of rotatable bonds is 5. The van der Waals surface area contributed by atoms with Crippen molar-refractivity contribution in [1.82, 2.24) is 9.71 Å². The molecule has 7 heteroatoms. The van der Waals surface area contributed by atoms with Gasteiger partial charge in [0, 0.05) is 17.0 Å². The van der Waals surface area contributed by atoms with E-state index in [0.717, 1.165) is 15.6 Å². The molecule has 0 amide bonds. The van der Waals surface area contributed by atoms with Crippen LogP contribution in [0.5, 0.6) is 0 Å². The van der Waals surface area contributed by atoms with Gasteiger partial charge in [-0.3, -0.25) is 4.79 Å². The molecule has 0 aliphatic heterocycles. The average Bonchev–Trinajstić information content (AvgIpc) is 2.75. The van der Waals surface area contributed by atoms with E-state index in [0.29, 0.717) is 5.56 Å². The van der Waals surface area contributed by atoms with E-state index in [1.165, 1.54) is 30.4 Å². The van der Waals surface area contributed by atoms with Crippen molar-refractivity contribution in [3.05, 3.63) is 45.4 Å². The van der Waals surface area contributed by atoms with Gasteiger partial charge in [0.1, 0.15) is 0 Å². The van der Waals surface area contributed by atoms with Gasteiger partial charge >= 0.3 is 0 Å². The van der Waals surface area contributed by atoms with E-state index >= 15 is 0 Å². The van der Waals surface area contributed by atoms with Crippen molar-refractivity contribution in [2.45, 2.75) is 32.2 Å². The zero-order valence-corrected chi connectivity index (χ0v) is 13.6. The minimum Gasteiger partial charge on any atom is -0.295 e. The predicted octanol–water partition coefficient (Wildman–Crippen LogP) is 2.44. The number of hydrogen-bond donors (Lipinski definition) is 1. The molecule has 2 aromatic rings. The van der Waals surface area contributed by atoms with Crippen LogP contribution < -0.4 is 4.72 Å². The van der Waals surface area contributed by atoms with Crippen LogP contribution in [0.4, 0.5) is 0 Å². The first-order valence-electron chi connectivity index (χ1n) is 6.33. The molecule has 1 N–H and O–H groups in total. The molecule has 0 aliphatic rings. The third-order valence-corrected chi connectivity index (χ3v) is 5.44. The molecule has 1 heterocycles. The van der Waals surface area contributed by atoms with Gasteiger partial charge in [-0.2, -0.15) is 0 Å². The van der Waals surface area contributed by atoms with Gasteiger partial charge < -0.3 is 0 Å². The van der Waals surface area contributed by atoms with Gasteiger partial charge in [-0.05, 0) is 32.9 Å². The highest BCUT2D eigenvalue weighted by Gasteiger charge is 2.16. The lowest BCUT2D eigenvalue weighted by atomic mass is 10.2. The Labute approximate surface area is 128 Å². The van der Waals surface area contributed by atoms with E-state index < -0.39 is 10.0 Å². The Bertz CT molecular complexity index is 779. The Morgan fingerprint density at radius 2 is 2.05 bits per heavy atom. The number of carbonyl (C=O) groups excluding carboxylic acids is 1. The van der Waals surface area contributed by atoms with Crippen LogP contribution in [-0.2, 0) is 16.6 Å². The topological polar surface area (TPSA) is 76.1 Å². The van der Waals surface area contributed by atoms with Crippen molar-refractivity contribution in [2.24, 2.45) is 0 Å². The Kier molecular flexibility index (Phi) is 4.55. The fourth-order valence-electron chi connectivity index (χ4n) is 1.86. The van der Waals surface area contributed by atoms with Crippen LogP contribution in [0.25, 0.3) is 0 Å². The summed E-state index contributed by atoms with van der Waals surface area (Å²) in [5.41, 5.74) is 1.21. The van der Waals surface area contributed by atoms with Gasteiger partial charge in [0.25, 0.3) is 0 Å². The number of aromatic nitrogens is 1. The van der Waals surface area contributed by atoms with Crippen molar-refractivity contribution >= 4 is 27.1 Å². The Balaban J connectivity index is 2.20. The molecule has 0 bridgehead atoms. The van der Waals surface area contributed by atoms with E-state index in [9.17, 15) is 13.2 Å². The maximum absolute atomic E-state index is 12.3. The number of hydrogen-bond acceptors (Lipinski definition) is 5. The summed E-state index contributed by atoms with van der Waals surface area (Å²) in [5.74, 6) is -0.166. The molecule has 21 heavy (non-hydrogen) atoms. The highest BCUT2D eigenvalue weighted by molar-refractivity contribution is 7.89. The number of Topliss-reactive ketones (excluding diaryl/α,β-unsaturated/α-hetero) is 1. The maximum Gasteiger partial charge on any atom is 0.240 e. The monoisotopic (exact) mass is 324 g/mol. The van der Waals surface area contributed by atoms with Gasteiger partial charge in [0.15, 0.2) is 5.78 Å². The average molecular weight is 324 g/mol. The molecule has 0 atom stereocenters. The minimum absolute atomic E-state index is 0.0918. The van der Waals surface area contributed by atoms with Crippen LogP contribution in [0.1, 0.15) is 32.9 Å². The molecule has 5 nitrogen and oxygen atoms in total. The molecule has 0 saturated heterocycles. The second-order valence-electron chi connectivity index (χ2n) is 4.65. The molecule has 1 aromatic heterocycles. The van der Waals surface area contributed by atoms with Crippen molar-refractivity contribution < 1.29 is 13.2 Å². The maximum atomic E-state index is 12.3. The summed E-state index contributed by atoms with van der Waals surface area (Å²) in [7, 11) is -3.65. The summed E-state index contributed by atoms with van der Waals surface area (Å²) in [4.78, 5) is 16.6. The normalized spacial score (nSPS) is 11.6.